The van der Waals surface area contributed by atoms with Crippen LogP contribution >= 0.6 is 22.9 Å². The number of ether oxygens (including phenoxy) is 1. The summed E-state index contributed by atoms with van der Waals surface area (Å²) in [5, 5.41) is 19.0. The lowest BCUT2D eigenvalue weighted by Crippen LogP contribution is -1.99. The Morgan fingerprint density at radius 3 is 2.83 bits per heavy atom. The van der Waals surface area contributed by atoms with E-state index in [2.05, 4.69) is 10.2 Å². The quantitative estimate of drug-likeness (QED) is 0.637. The van der Waals surface area contributed by atoms with Crippen molar-refractivity contribution in [1.82, 2.24) is 10.2 Å². The molecule has 0 spiro atoms. The molecule has 1 aromatic carbocycles. The molecule has 8 heteroatoms. The maximum absolute atomic E-state index is 11.0. The molecule has 2 aromatic rings. The van der Waals surface area contributed by atoms with Crippen molar-refractivity contribution in [3.8, 4) is 16.3 Å². The van der Waals surface area contributed by atoms with Gasteiger partial charge in [0.2, 0.25) is 10.2 Å². The van der Waals surface area contributed by atoms with E-state index in [1.54, 1.807) is 19.1 Å². The van der Waals surface area contributed by atoms with E-state index in [1.807, 2.05) is 0 Å². The number of nitro benzene ring substituents is 1. The van der Waals surface area contributed by atoms with Gasteiger partial charge in [-0.15, -0.1) is 10.2 Å². The van der Waals surface area contributed by atoms with Gasteiger partial charge in [-0.3, -0.25) is 10.1 Å². The van der Waals surface area contributed by atoms with Crippen molar-refractivity contribution >= 4 is 28.6 Å². The molecule has 0 amide bonds. The van der Waals surface area contributed by atoms with Crippen LogP contribution in [0.5, 0.6) is 5.75 Å². The maximum atomic E-state index is 11.0. The molecule has 0 radical (unpaired) electrons. The zero-order chi connectivity index (χ0) is 13.1. The van der Waals surface area contributed by atoms with Crippen LogP contribution in [0.15, 0.2) is 18.2 Å². The molecule has 0 saturated heterocycles. The summed E-state index contributed by atoms with van der Waals surface area (Å²) in [5.41, 5.74) is 0.427. The largest absolute Gasteiger partial charge is 0.487 e. The molecule has 1 heterocycles. The number of aromatic nitrogens is 2. The van der Waals surface area contributed by atoms with Gasteiger partial charge in [0.15, 0.2) is 5.01 Å². The summed E-state index contributed by atoms with van der Waals surface area (Å²) in [6, 6.07) is 4.65. The van der Waals surface area contributed by atoms with E-state index < -0.39 is 4.92 Å². The zero-order valence-corrected chi connectivity index (χ0v) is 10.9. The Kier molecular flexibility index (Phi) is 3.73. The van der Waals surface area contributed by atoms with Gasteiger partial charge in [0.05, 0.1) is 17.1 Å². The molecule has 0 atom stereocenters. The summed E-state index contributed by atoms with van der Waals surface area (Å²) in [6.07, 6.45) is 0. The molecule has 0 aliphatic heterocycles. The number of halogens is 1. The van der Waals surface area contributed by atoms with Gasteiger partial charge in [0.25, 0.3) is 0 Å². The highest BCUT2D eigenvalue weighted by atomic mass is 35.5. The Morgan fingerprint density at radius 1 is 1.50 bits per heavy atom. The summed E-state index contributed by atoms with van der Waals surface area (Å²) in [7, 11) is 0. The van der Waals surface area contributed by atoms with Crippen molar-refractivity contribution in [3.05, 3.63) is 32.8 Å². The highest BCUT2D eigenvalue weighted by molar-refractivity contribution is 7.18. The number of nitro groups is 1. The second kappa shape index (κ2) is 5.28. The molecule has 0 fully saturated rings. The Balaban J connectivity index is 2.59. The first-order chi connectivity index (χ1) is 8.63. The second-order valence-electron chi connectivity index (χ2n) is 3.20. The predicted molar refractivity (Wildman–Crippen MR) is 68.2 cm³/mol. The molecule has 2 rings (SSSR count). The summed E-state index contributed by atoms with van der Waals surface area (Å²) in [5.74, 6) is 0.192. The standard InChI is InChI=1S/C10H8ClN3O3S/c1-2-17-8-6(9-12-13-10(11)18-9)4-3-5-7(8)14(15)16/h3-5H,2H2,1H3. The van der Waals surface area contributed by atoms with Gasteiger partial charge < -0.3 is 4.74 Å². The zero-order valence-electron chi connectivity index (χ0n) is 9.29. The second-order valence-corrected chi connectivity index (χ2v) is 4.76. The molecule has 0 aliphatic rings. The number of rotatable bonds is 4. The normalized spacial score (nSPS) is 10.3. The van der Waals surface area contributed by atoms with Crippen LogP contribution in [0.2, 0.25) is 4.47 Å². The molecule has 0 saturated carbocycles. The minimum atomic E-state index is -0.489. The van der Waals surface area contributed by atoms with E-state index in [1.165, 1.54) is 6.07 Å². The Bertz CT molecular complexity index is 587. The molecule has 94 valence electrons. The first-order valence-electron chi connectivity index (χ1n) is 5.03. The van der Waals surface area contributed by atoms with Crippen molar-refractivity contribution < 1.29 is 9.66 Å². The van der Waals surface area contributed by atoms with Crippen molar-refractivity contribution in [2.24, 2.45) is 0 Å². The summed E-state index contributed by atoms with van der Waals surface area (Å²) in [6.45, 7) is 2.08. The monoisotopic (exact) mass is 285 g/mol. The van der Waals surface area contributed by atoms with Crippen molar-refractivity contribution in [2.45, 2.75) is 6.92 Å². The van der Waals surface area contributed by atoms with E-state index in [0.717, 1.165) is 11.3 Å². The van der Waals surface area contributed by atoms with Crippen molar-refractivity contribution in [2.75, 3.05) is 6.61 Å². The number of hydrogen-bond donors (Lipinski definition) is 0. The molecule has 18 heavy (non-hydrogen) atoms. The predicted octanol–water partition coefficient (Wildman–Crippen LogP) is 3.17. The highest BCUT2D eigenvalue weighted by Crippen LogP contribution is 2.39. The van der Waals surface area contributed by atoms with Crippen LogP contribution in [0.1, 0.15) is 6.92 Å². The minimum Gasteiger partial charge on any atom is -0.487 e. The Labute approximate surface area is 111 Å². The van der Waals surface area contributed by atoms with Crippen molar-refractivity contribution in [1.29, 1.82) is 0 Å². The van der Waals surface area contributed by atoms with Crippen LogP contribution in [-0.4, -0.2) is 21.7 Å². The van der Waals surface area contributed by atoms with Crippen LogP contribution in [0.25, 0.3) is 10.6 Å². The average Bonchev–Trinajstić information content (AvgIpc) is 2.76. The lowest BCUT2D eigenvalue weighted by atomic mass is 10.2. The van der Waals surface area contributed by atoms with Gasteiger partial charge >= 0.3 is 5.69 Å². The highest BCUT2D eigenvalue weighted by Gasteiger charge is 2.21. The van der Waals surface area contributed by atoms with Crippen LogP contribution in [0.4, 0.5) is 5.69 Å². The van der Waals surface area contributed by atoms with E-state index >= 15 is 0 Å². The Morgan fingerprint density at radius 2 is 2.28 bits per heavy atom. The van der Waals surface area contributed by atoms with Gasteiger partial charge in [-0.25, -0.2) is 0 Å². The van der Waals surface area contributed by atoms with Crippen LogP contribution in [0, 0.1) is 10.1 Å². The molecule has 6 nitrogen and oxygen atoms in total. The fourth-order valence-corrected chi connectivity index (χ4v) is 2.30. The fraction of sp³-hybridized carbons (Fsp3) is 0.200. The number of benzene rings is 1. The Hall–Kier alpha value is -1.73. The lowest BCUT2D eigenvalue weighted by Gasteiger charge is -2.07. The maximum Gasteiger partial charge on any atom is 0.311 e. The molecular weight excluding hydrogens is 278 g/mol. The topological polar surface area (TPSA) is 78.2 Å². The number of para-hydroxylation sites is 1. The fourth-order valence-electron chi connectivity index (χ4n) is 1.45. The van der Waals surface area contributed by atoms with Gasteiger partial charge in [-0.05, 0) is 24.6 Å². The number of nitrogens with zero attached hydrogens (tertiary/aromatic N) is 3. The smallest absolute Gasteiger partial charge is 0.311 e. The third-order valence-electron chi connectivity index (χ3n) is 2.11. The van der Waals surface area contributed by atoms with Gasteiger partial charge in [0.1, 0.15) is 0 Å². The SMILES string of the molecule is CCOc1c(-c2nnc(Cl)s2)cccc1[N+](=O)[O-]. The summed E-state index contributed by atoms with van der Waals surface area (Å²) < 4.78 is 5.62. The third kappa shape index (κ3) is 2.41. The van der Waals surface area contributed by atoms with E-state index in [9.17, 15) is 10.1 Å². The molecule has 0 unspecified atom stereocenters. The van der Waals surface area contributed by atoms with Gasteiger partial charge in [-0.1, -0.05) is 17.4 Å². The van der Waals surface area contributed by atoms with Gasteiger partial charge in [-0.2, -0.15) is 0 Å². The first kappa shape index (κ1) is 12.7. The van der Waals surface area contributed by atoms with E-state index in [0.29, 0.717) is 17.2 Å². The molecule has 0 bridgehead atoms. The van der Waals surface area contributed by atoms with Gasteiger partial charge in [0, 0.05) is 6.07 Å². The molecule has 1 aromatic heterocycles. The van der Waals surface area contributed by atoms with Crippen molar-refractivity contribution in [3.63, 3.8) is 0 Å². The summed E-state index contributed by atoms with van der Waals surface area (Å²) in [4.78, 5) is 10.5. The molecule has 0 aliphatic carbocycles. The average molecular weight is 286 g/mol. The van der Waals surface area contributed by atoms with Crippen LogP contribution < -0.4 is 4.74 Å². The van der Waals surface area contributed by atoms with Crippen LogP contribution in [0.3, 0.4) is 0 Å². The lowest BCUT2D eigenvalue weighted by molar-refractivity contribution is -0.385. The minimum absolute atomic E-state index is 0.0966. The number of hydrogen-bond acceptors (Lipinski definition) is 6. The molecular formula is C10H8ClN3O3S. The third-order valence-corrected chi connectivity index (χ3v) is 3.16. The van der Waals surface area contributed by atoms with E-state index in [-0.39, 0.29) is 15.9 Å². The molecule has 0 N–H and O–H groups in total. The van der Waals surface area contributed by atoms with E-state index in [4.69, 9.17) is 16.3 Å². The first-order valence-corrected chi connectivity index (χ1v) is 6.22. The van der Waals surface area contributed by atoms with Crippen LogP contribution in [-0.2, 0) is 0 Å². The summed E-state index contributed by atoms with van der Waals surface area (Å²) >= 11 is 6.85.